The van der Waals surface area contributed by atoms with E-state index in [1.807, 2.05) is 0 Å². The van der Waals surface area contributed by atoms with Gasteiger partial charge in [-0.2, -0.15) is 5.10 Å². The van der Waals surface area contributed by atoms with Crippen LogP contribution < -0.4 is 5.84 Å². The maximum absolute atomic E-state index is 8.25. The van der Waals surface area contributed by atoms with Crippen LogP contribution in [0.15, 0.2) is 34.8 Å². The van der Waals surface area contributed by atoms with Crippen LogP contribution in [0.4, 0.5) is 0 Å². The highest BCUT2D eigenvalue weighted by molar-refractivity contribution is 6.37. The quantitative estimate of drug-likeness (QED) is 0.283. The van der Waals surface area contributed by atoms with E-state index in [9.17, 15) is 0 Å². The normalized spacial score (nSPS) is 12.2. The van der Waals surface area contributed by atoms with Crippen molar-refractivity contribution >= 4 is 11.9 Å². The number of hydrogen-bond acceptors (Lipinski definition) is 5. The van der Waals surface area contributed by atoms with Crippen LogP contribution in [-0.2, 0) is 0 Å². The first kappa shape index (κ1) is 8.19. The molecule has 0 spiro atoms. The van der Waals surface area contributed by atoms with Crippen molar-refractivity contribution in [3.63, 3.8) is 0 Å². The number of nitrogens with two attached hydrogens (primary N) is 1. The molecule has 1 rings (SSSR count). The number of oxime groups is 1. The molecule has 0 fully saturated rings. The molecule has 0 bridgehead atoms. The number of nitrogens with zero attached hydrogens (tertiary/aromatic N) is 3. The molecular formula is C7H8N4O. The summed E-state index contributed by atoms with van der Waals surface area (Å²) in [5.74, 6) is 5.06. The molecule has 62 valence electrons. The first-order valence-corrected chi connectivity index (χ1v) is 3.24. The monoisotopic (exact) mass is 164 g/mol. The van der Waals surface area contributed by atoms with Gasteiger partial charge in [0.05, 0.1) is 6.21 Å². The first-order chi connectivity index (χ1) is 5.88. The predicted octanol–water partition coefficient (Wildman–Crippen LogP) is 0.204. The van der Waals surface area contributed by atoms with Gasteiger partial charge in [-0.05, 0) is 12.1 Å². The van der Waals surface area contributed by atoms with Crippen LogP contribution in [-0.4, -0.2) is 22.1 Å². The zero-order valence-corrected chi connectivity index (χ0v) is 6.25. The number of hydrazone groups is 1. The molecule has 0 aliphatic heterocycles. The minimum atomic E-state index is 0.403. The number of rotatable bonds is 2. The predicted molar refractivity (Wildman–Crippen MR) is 45.2 cm³/mol. The Bertz CT molecular complexity index is 294. The van der Waals surface area contributed by atoms with E-state index in [1.165, 1.54) is 0 Å². The SMILES string of the molecule is N/N=C(\C=N/O)c1ccncc1. The Morgan fingerprint density at radius 3 is 2.67 bits per heavy atom. The summed E-state index contributed by atoms with van der Waals surface area (Å²) in [5, 5.41) is 14.5. The minimum Gasteiger partial charge on any atom is -0.411 e. The summed E-state index contributed by atoms with van der Waals surface area (Å²) < 4.78 is 0. The van der Waals surface area contributed by atoms with Gasteiger partial charge >= 0.3 is 0 Å². The van der Waals surface area contributed by atoms with Gasteiger partial charge in [0, 0.05) is 18.0 Å². The zero-order chi connectivity index (χ0) is 8.81. The number of hydrogen-bond donors (Lipinski definition) is 2. The fraction of sp³-hybridized carbons (Fsp3) is 0. The summed E-state index contributed by atoms with van der Waals surface area (Å²) >= 11 is 0. The standard InChI is InChI=1S/C7H8N4O/c8-11-7(5-10-12)6-1-3-9-4-2-6/h1-5,12H,8H2/b10-5-,11-7+. The van der Waals surface area contributed by atoms with E-state index in [0.29, 0.717) is 5.71 Å². The summed E-state index contributed by atoms with van der Waals surface area (Å²) in [5.41, 5.74) is 1.16. The molecule has 1 aromatic heterocycles. The fourth-order valence-corrected chi connectivity index (χ4v) is 0.760. The van der Waals surface area contributed by atoms with E-state index in [-0.39, 0.29) is 0 Å². The lowest BCUT2D eigenvalue weighted by atomic mass is 10.2. The van der Waals surface area contributed by atoms with Crippen LogP contribution in [0.25, 0.3) is 0 Å². The van der Waals surface area contributed by atoms with Crippen molar-refractivity contribution in [2.75, 3.05) is 0 Å². The van der Waals surface area contributed by atoms with Crippen LogP contribution in [0.3, 0.4) is 0 Å². The number of pyridine rings is 1. The molecule has 0 amide bonds. The van der Waals surface area contributed by atoms with Crippen molar-refractivity contribution in [2.45, 2.75) is 0 Å². The van der Waals surface area contributed by atoms with Gasteiger partial charge in [0.25, 0.3) is 0 Å². The van der Waals surface area contributed by atoms with Crippen molar-refractivity contribution in [2.24, 2.45) is 16.1 Å². The Morgan fingerprint density at radius 2 is 2.17 bits per heavy atom. The van der Waals surface area contributed by atoms with E-state index >= 15 is 0 Å². The summed E-state index contributed by atoms with van der Waals surface area (Å²) in [6.07, 6.45) is 4.37. The largest absolute Gasteiger partial charge is 0.411 e. The lowest BCUT2D eigenvalue weighted by molar-refractivity contribution is 0.322. The molecule has 0 saturated heterocycles. The van der Waals surface area contributed by atoms with Crippen LogP contribution in [0.1, 0.15) is 5.56 Å². The number of aromatic nitrogens is 1. The van der Waals surface area contributed by atoms with Crippen molar-refractivity contribution < 1.29 is 5.21 Å². The molecule has 5 nitrogen and oxygen atoms in total. The topological polar surface area (TPSA) is 83.9 Å². The summed E-state index contributed by atoms with van der Waals surface area (Å²) in [6, 6.07) is 3.43. The summed E-state index contributed by atoms with van der Waals surface area (Å²) in [7, 11) is 0. The first-order valence-electron chi connectivity index (χ1n) is 3.24. The van der Waals surface area contributed by atoms with Crippen LogP contribution in [0.2, 0.25) is 0 Å². The highest BCUT2D eigenvalue weighted by atomic mass is 16.4. The Labute approximate surface area is 69.2 Å². The Morgan fingerprint density at radius 1 is 1.50 bits per heavy atom. The van der Waals surface area contributed by atoms with E-state index in [1.54, 1.807) is 24.5 Å². The van der Waals surface area contributed by atoms with Crippen LogP contribution in [0, 0.1) is 0 Å². The maximum Gasteiger partial charge on any atom is 0.112 e. The second kappa shape index (κ2) is 4.07. The minimum absolute atomic E-state index is 0.403. The van der Waals surface area contributed by atoms with Gasteiger partial charge < -0.3 is 11.0 Å². The van der Waals surface area contributed by atoms with E-state index in [2.05, 4.69) is 15.2 Å². The fourth-order valence-electron chi connectivity index (χ4n) is 0.760. The molecule has 1 aromatic rings. The third kappa shape index (κ3) is 1.79. The van der Waals surface area contributed by atoms with Crippen molar-refractivity contribution in [3.05, 3.63) is 30.1 Å². The van der Waals surface area contributed by atoms with Gasteiger partial charge in [0.2, 0.25) is 0 Å². The molecule has 0 aliphatic rings. The Kier molecular flexibility index (Phi) is 2.78. The molecule has 12 heavy (non-hydrogen) atoms. The summed E-state index contributed by atoms with van der Waals surface area (Å²) in [6.45, 7) is 0. The Hall–Kier alpha value is -1.91. The van der Waals surface area contributed by atoms with Gasteiger partial charge in [0.15, 0.2) is 0 Å². The third-order valence-electron chi connectivity index (χ3n) is 1.30. The smallest absolute Gasteiger partial charge is 0.112 e. The molecule has 0 aliphatic carbocycles. The molecule has 1 heterocycles. The van der Waals surface area contributed by atoms with Gasteiger partial charge in [-0.3, -0.25) is 4.98 Å². The molecule has 5 heteroatoms. The second-order valence-electron chi connectivity index (χ2n) is 1.99. The van der Waals surface area contributed by atoms with Crippen LogP contribution >= 0.6 is 0 Å². The zero-order valence-electron chi connectivity index (χ0n) is 6.25. The highest BCUT2D eigenvalue weighted by Crippen LogP contribution is 1.96. The highest BCUT2D eigenvalue weighted by Gasteiger charge is 1.97. The van der Waals surface area contributed by atoms with Gasteiger partial charge in [-0.15, -0.1) is 0 Å². The van der Waals surface area contributed by atoms with Crippen molar-refractivity contribution in [3.8, 4) is 0 Å². The van der Waals surface area contributed by atoms with Crippen LogP contribution in [0.5, 0.6) is 0 Å². The second-order valence-corrected chi connectivity index (χ2v) is 1.99. The van der Waals surface area contributed by atoms with Crippen molar-refractivity contribution in [1.29, 1.82) is 0 Å². The molecule has 0 saturated carbocycles. The summed E-state index contributed by atoms with van der Waals surface area (Å²) in [4.78, 5) is 3.82. The lowest BCUT2D eigenvalue weighted by Crippen LogP contribution is -2.05. The molecule has 0 radical (unpaired) electrons. The van der Waals surface area contributed by atoms with Gasteiger partial charge in [-0.1, -0.05) is 5.16 Å². The Balaban J connectivity index is 2.97. The molecule has 0 unspecified atom stereocenters. The van der Waals surface area contributed by atoms with E-state index in [4.69, 9.17) is 11.0 Å². The molecule has 3 N–H and O–H groups in total. The average Bonchev–Trinajstić information content (AvgIpc) is 2.15. The molecule has 0 atom stereocenters. The molecule has 0 aromatic carbocycles. The van der Waals surface area contributed by atoms with E-state index in [0.717, 1.165) is 11.8 Å². The third-order valence-corrected chi connectivity index (χ3v) is 1.30. The molecular weight excluding hydrogens is 156 g/mol. The van der Waals surface area contributed by atoms with Crippen molar-refractivity contribution in [1.82, 2.24) is 4.98 Å². The van der Waals surface area contributed by atoms with E-state index < -0.39 is 0 Å². The average molecular weight is 164 g/mol. The maximum atomic E-state index is 8.25. The van der Waals surface area contributed by atoms with Gasteiger partial charge in [0.1, 0.15) is 5.71 Å². The van der Waals surface area contributed by atoms with Gasteiger partial charge in [-0.25, -0.2) is 0 Å². The lowest BCUT2D eigenvalue weighted by Gasteiger charge is -1.95.